The third kappa shape index (κ3) is 4.46. The molecule has 0 aliphatic rings. The van der Waals surface area contributed by atoms with E-state index in [1.807, 2.05) is 51.5 Å². The molecule has 0 atom stereocenters. The number of nitrogens with zero attached hydrogens (tertiary/aromatic N) is 2. The second-order valence-corrected chi connectivity index (χ2v) is 5.95. The Hall–Kier alpha value is -1.56. The molecule has 0 aromatic heterocycles. The monoisotopic (exact) mass is 394 g/mol. The van der Waals surface area contributed by atoms with Crippen molar-refractivity contribution in [3.63, 3.8) is 0 Å². The normalized spacial score (nSPS) is 10.9. The summed E-state index contributed by atoms with van der Waals surface area (Å²) in [4.78, 5) is 6.58. The highest BCUT2D eigenvalue weighted by Gasteiger charge is 2.00. The lowest BCUT2D eigenvalue weighted by molar-refractivity contribution is 0.338. The summed E-state index contributed by atoms with van der Waals surface area (Å²) in [5, 5.41) is 0. The zero-order chi connectivity index (χ0) is 15.2. The predicted molar refractivity (Wildman–Crippen MR) is 98.4 cm³/mol. The first-order chi connectivity index (χ1) is 10.1. The zero-order valence-corrected chi connectivity index (χ0v) is 14.7. The van der Waals surface area contributed by atoms with E-state index in [4.69, 9.17) is 4.74 Å². The Morgan fingerprint density at radius 2 is 1.86 bits per heavy atom. The van der Waals surface area contributed by atoms with Crippen LogP contribution in [0.4, 0.5) is 11.4 Å². The minimum Gasteiger partial charge on any atom is -0.493 e. The van der Waals surface area contributed by atoms with E-state index in [0.717, 1.165) is 20.6 Å². The molecule has 2 aromatic rings. The van der Waals surface area contributed by atoms with E-state index in [-0.39, 0.29) is 0 Å². The summed E-state index contributed by atoms with van der Waals surface area (Å²) in [5.41, 5.74) is 3.19. The third-order valence-corrected chi connectivity index (χ3v) is 3.83. The predicted octanol–water partition coefficient (Wildman–Crippen LogP) is 4.51. The van der Waals surface area contributed by atoms with Crippen molar-refractivity contribution in [1.82, 2.24) is 0 Å². The van der Waals surface area contributed by atoms with Crippen molar-refractivity contribution in [2.45, 2.75) is 6.92 Å². The van der Waals surface area contributed by atoms with Gasteiger partial charge < -0.3 is 9.64 Å². The van der Waals surface area contributed by atoms with Crippen LogP contribution in [0.3, 0.4) is 0 Å². The van der Waals surface area contributed by atoms with Crippen LogP contribution in [0, 0.1) is 3.57 Å². The highest BCUT2D eigenvalue weighted by atomic mass is 127. The van der Waals surface area contributed by atoms with Gasteiger partial charge in [0.05, 0.1) is 15.9 Å². The fourth-order valence-electron chi connectivity index (χ4n) is 1.86. The molecule has 0 aliphatic carbocycles. The van der Waals surface area contributed by atoms with Crippen molar-refractivity contribution in [3.8, 4) is 5.75 Å². The van der Waals surface area contributed by atoms with Crippen LogP contribution in [0.2, 0.25) is 0 Å². The van der Waals surface area contributed by atoms with E-state index >= 15 is 0 Å². The molecule has 0 N–H and O–H groups in total. The molecule has 2 aromatic carbocycles. The van der Waals surface area contributed by atoms with Gasteiger partial charge >= 0.3 is 0 Å². The largest absolute Gasteiger partial charge is 0.493 e. The molecule has 0 unspecified atom stereocenters. The number of ether oxygens (including phenoxy) is 1. The van der Waals surface area contributed by atoms with Crippen LogP contribution in [0.25, 0.3) is 0 Å². The number of aliphatic imine (C=N–C) groups is 1. The van der Waals surface area contributed by atoms with Crippen molar-refractivity contribution >= 4 is 40.2 Å². The van der Waals surface area contributed by atoms with Crippen LogP contribution in [-0.2, 0) is 0 Å². The maximum atomic E-state index is 5.53. The van der Waals surface area contributed by atoms with Crippen molar-refractivity contribution in [2.75, 3.05) is 25.6 Å². The van der Waals surface area contributed by atoms with Crippen molar-refractivity contribution in [3.05, 3.63) is 51.6 Å². The summed E-state index contributed by atoms with van der Waals surface area (Å²) in [6, 6.07) is 14.2. The molecule has 0 bridgehead atoms. The summed E-state index contributed by atoms with van der Waals surface area (Å²) in [6.45, 7) is 2.67. The molecule has 0 radical (unpaired) electrons. The molecule has 0 saturated heterocycles. The molecule has 0 saturated carbocycles. The van der Waals surface area contributed by atoms with E-state index in [0.29, 0.717) is 6.61 Å². The van der Waals surface area contributed by atoms with Crippen LogP contribution in [0.5, 0.6) is 5.75 Å². The molecular formula is C17H19IN2O. The average molecular weight is 394 g/mol. The van der Waals surface area contributed by atoms with Crippen LogP contribution in [0.1, 0.15) is 12.5 Å². The Labute approximate surface area is 139 Å². The molecule has 2 rings (SSSR count). The van der Waals surface area contributed by atoms with E-state index in [1.165, 1.54) is 5.69 Å². The summed E-state index contributed by atoms with van der Waals surface area (Å²) >= 11 is 2.28. The van der Waals surface area contributed by atoms with Crippen LogP contribution < -0.4 is 9.64 Å². The Morgan fingerprint density at radius 3 is 2.43 bits per heavy atom. The summed E-state index contributed by atoms with van der Waals surface area (Å²) < 4.78 is 6.63. The van der Waals surface area contributed by atoms with Gasteiger partial charge in [-0.15, -0.1) is 0 Å². The lowest BCUT2D eigenvalue weighted by Gasteiger charge is -2.11. The lowest BCUT2D eigenvalue weighted by Crippen LogP contribution is -2.07. The van der Waals surface area contributed by atoms with E-state index in [2.05, 4.69) is 50.7 Å². The molecule has 3 nitrogen and oxygen atoms in total. The minimum absolute atomic E-state index is 0.682. The molecule has 0 spiro atoms. The second kappa shape index (κ2) is 7.45. The summed E-state index contributed by atoms with van der Waals surface area (Å²) in [6.07, 6.45) is 1.88. The standard InChI is InChI=1S/C17H19IN2O/c1-4-21-17-10-5-13(11-16(17)18)12-19-14-6-8-15(9-7-14)20(2)3/h5-12H,4H2,1-3H3. The molecule has 0 heterocycles. The van der Waals surface area contributed by atoms with Gasteiger partial charge in [0, 0.05) is 26.0 Å². The molecule has 0 amide bonds. The average Bonchev–Trinajstić information content (AvgIpc) is 2.48. The molecular weight excluding hydrogens is 375 g/mol. The van der Waals surface area contributed by atoms with Gasteiger partial charge in [0.15, 0.2) is 0 Å². The molecule has 0 fully saturated rings. The number of hydrogen-bond acceptors (Lipinski definition) is 3. The van der Waals surface area contributed by atoms with Crippen molar-refractivity contribution in [2.24, 2.45) is 4.99 Å². The Bertz CT molecular complexity index is 621. The van der Waals surface area contributed by atoms with Gasteiger partial charge in [-0.25, -0.2) is 0 Å². The van der Waals surface area contributed by atoms with Gasteiger partial charge in [-0.3, -0.25) is 4.99 Å². The summed E-state index contributed by atoms with van der Waals surface area (Å²) in [5.74, 6) is 0.922. The van der Waals surface area contributed by atoms with Gasteiger partial charge in [-0.2, -0.15) is 0 Å². The van der Waals surface area contributed by atoms with E-state index < -0.39 is 0 Å². The zero-order valence-electron chi connectivity index (χ0n) is 12.5. The van der Waals surface area contributed by atoms with Gasteiger partial charge in [0.1, 0.15) is 5.75 Å². The van der Waals surface area contributed by atoms with Gasteiger partial charge in [-0.05, 0) is 77.5 Å². The third-order valence-electron chi connectivity index (χ3n) is 2.98. The summed E-state index contributed by atoms with van der Waals surface area (Å²) in [7, 11) is 4.06. The Morgan fingerprint density at radius 1 is 1.14 bits per heavy atom. The van der Waals surface area contributed by atoms with Crippen molar-refractivity contribution in [1.29, 1.82) is 0 Å². The smallest absolute Gasteiger partial charge is 0.132 e. The highest BCUT2D eigenvalue weighted by Crippen LogP contribution is 2.22. The molecule has 21 heavy (non-hydrogen) atoms. The molecule has 4 heteroatoms. The van der Waals surface area contributed by atoms with Crippen LogP contribution in [-0.4, -0.2) is 26.9 Å². The van der Waals surface area contributed by atoms with Crippen LogP contribution in [0.15, 0.2) is 47.5 Å². The topological polar surface area (TPSA) is 24.8 Å². The fourth-order valence-corrected chi connectivity index (χ4v) is 2.55. The Balaban J connectivity index is 2.11. The number of rotatable bonds is 5. The number of benzene rings is 2. The fraction of sp³-hybridized carbons (Fsp3) is 0.235. The molecule has 0 aliphatic heterocycles. The highest BCUT2D eigenvalue weighted by molar-refractivity contribution is 14.1. The lowest BCUT2D eigenvalue weighted by atomic mass is 10.2. The maximum absolute atomic E-state index is 5.53. The quantitative estimate of drug-likeness (QED) is 0.551. The van der Waals surface area contributed by atoms with E-state index in [1.54, 1.807) is 0 Å². The van der Waals surface area contributed by atoms with Crippen molar-refractivity contribution < 1.29 is 4.74 Å². The SMILES string of the molecule is CCOc1ccc(C=Nc2ccc(N(C)C)cc2)cc1I. The Kier molecular flexibility index (Phi) is 5.61. The first-order valence-corrected chi connectivity index (χ1v) is 7.92. The molecule has 110 valence electrons. The number of anilines is 1. The van der Waals surface area contributed by atoms with Crippen LogP contribution >= 0.6 is 22.6 Å². The minimum atomic E-state index is 0.682. The number of hydrogen-bond donors (Lipinski definition) is 0. The maximum Gasteiger partial charge on any atom is 0.132 e. The van der Waals surface area contributed by atoms with Gasteiger partial charge in [-0.1, -0.05) is 0 Å². The second-order valence-electron chi connectivity index (χ2n) is 4.79. The number of halogens is 1. The van der Waals surface area contributed by atoms with E-state index in [9.17, 15) is 0 Å². The first-order valence-electron chi connectivity index (χ1n) is 6.84. The van der Waals surface area contributed by atoms with Gasteiger partial charge in [0.2, 0.25) is 0 Å². The first kappa shape index (κ1) is 15.8. The van der Waals surface area contributed by atoms with Gasteiger partial charge in [0.25, 0.3) is 0 Å².